The van der Waals surface area contributed by atoms with Gasteiger partial charge in [0.05, 0.1) is 12.7 Å². The molecule has 0 aromatic heterocycles. The first-order chi connectivity index (χ1) is 9.11. The van der Waals surface area contributed by atoms with Crippen LogP contribution in [0, 0.1) is 6.92 Å². The molecule has 0 radical (unpaired) electrons. The fourth-order valence-electron chi connectivity index (χ4n) is 1.81. The number of benzene rings is 2. The highest BCUT2D eigenvalue weighted by molar-refractivity contribution is 6.07. The zero-order valence-corrected chi connectivity index (χ0v) is 10.9. The molecule has 0 heterocycles. The largest absolute Gasteiger partial charge is 0.496 e. The molecule has 0 bridgehead atoms. The van der Waals surface area contributed by atoms with Gasteiger partial charge in [0.1, 0.15) is 5.75 Å². The number of methoxy groups -OCH3 is 1. The third-order valence-electron chi connectivity index (χ3n) is 2.86. The molecule has 0 atom stereocenters. The summed E-state index contributed by atoms with van der Waals surface area (Å²) in [6.07, 6.45) is 0. The molecule has 1 amide bonds. The van der Waals surface area contributed by atoms with E-state index in [-0.39, 0.29) is 5.91 Å². The number of carbonyl (C=O) groups is 1. The number of ether oxygens (including phenoxy) is 1. The van der Waals surface area contributed by atoms with Crippen molar-refractivity contribution in [1.29, 1.82) is 0 Å². The Kier molecular flexibility index (Phi) is 3.71. The van der Waals surface area contributed by atoms with Crippen LogP contribution >= 0.6 is 0 Å². The molecule has 2 aromatic carbocycles. The number of aryl methyl sites for hydroxylation is 1. The van der Waals surface area contributed by atoms with Crippen molar-refractivity contribution in [3.05, 3.63) is 53.6 Å². The highest BCUT2D eigenvalue weighted by atomic mass is 16.5. The first kappa shape index (κ1) is 13.0. The molecular formula is C15H16N2O2. The van der Waals surface area contributed by atoms with Gasteiger partial charge in [0, 0.05) is 11.4 Å². The quantitative estimate of drug-likeness (QED) is 0.830. The topological polar surface area (TPSA) is 64.3 Å². The predicted molar refractivity (Wildman–Crippen MR) is 76.5 cm³/mol. The van der Waals surface area contributed by atoms with Crippen molar-refractivity contribution in [3.8, 4) is 5.75 Å². The van der Waals surface area contributed by atoms with E-state index in [0.29, 0.717) is 17.0 Å². The van der Waals surface area contributed by atoms with Gasteiger partial charge >= 0.3 is 0 Å². The molecule has 98 valence electrons. The molecule has 0 spiro atoms. The summed E-state index contributed by atoms with van der Waals surface area (Å²) in [7, 11) is 1.52. The summed E-state index contributed by atoms with van der Waals surface area (Å²) in [6.45, 7) is 1.94. The maximum atomic E-state index is 12.3. The standard InChI is InChI=1S/C15H16N2O2/c1-10-5-3-4-6-13(10)17-15(18)12-9-11(16)7-8-14(12)19-2/h3-9H,16H2,1-2H3,(H,17,18). The van der Waals surface area contributed by atoms with Gasteiger partial charge in [-0.15, -0.1) is 0 Å². The normalized spacial score (nSPS) is 10.0. The molecule has 0 saturated heterocycles. The van der Waals surface area contributed by atoms with Crippen LogP contribution in [0.5, 0.6) is 5.75 Å². The molecule has 0 unspecified atom stereocenters. The van der Waals surface area contributed by atoms with E-state index < -0.39 is 0 Å². The molecular weight excluding hydrogens is 240 g/mol. The van der Waals surface area contributed by atoms with Gasteiger partial charge in [-0.2, -0.15) is 0 Å². The third kappa shape index (κ3) is 2.85. The van der Waals surface area contributed by atoms with Gasteiger partial charge in [0.15, 0.2) is 0 Å². The van der Waals surface area contributed by atoms with Crippen molar-refractivity contribution < 1.29 is 9.53 Å². The summed E-state index contributed by atoms with van der Waals surface area (Å²) in [4.78, 5) is 12.3. The number of rotatable bonds is 3. The molecule has 2 rings (SSSR count). The van der Waals surface area contributed by atoms with E-state index in [1.54, 1.807) is 18.2 Å². The van der Waals surface area contributed by atoms with Gasteiger partial charge in [-0.1, -0.05) is 18.2 Å². The van der Waals surface area contributed by atoms with Crippen LogP contribution in [0.1, 0.15) is 15.9 Å². The summed E-state index contributed by atoms with van der Waals surface area (Å²) in [5.74, 6) is 0.263. The number of hydrogen-bond donors (Lipinski definition) is 2. The fourth-order valence-corrected chi connectivity index (χ4v) is 1.81. The summed E-state index contributed by atoms with van der Waals surface area (Å²) in [5, 5.41) is 2.85. The van der Waals surface area contributed by atoms with Crippen molar-refractivity contribution in [3.63, 3.8) is 0 Å². The first-order valence-electron chi connectivity index (χ1n) is 5.92. The highest BCUT2D eigenvalue weighted by Crippen LogP contribution is 2.23. The highest BCUT2D eigenvalue weighted by Gasteiger charge is 2.13. The molecule has 0 fully saturated rings. The zero-order valence-electron chi connectivity index (χ0n) is 10.9. The number of para-hydroxylation sites is 1. The molecule has 4 nitrogen and oxygen atoms in total. The van der Waals surface area contributed by atoms with Crippen molar-refractivity contribution in [1.82, 2.24) is 0 Å². The number of nitrogens with two attached hydrogens (primary N) is 1. The van der Waals surface area contributed by atoms with Crippen molar-refractivity contribution in [2.45, 2.75) is 6.92 Å². The molecule has 3 N–H and O–H groups in total. The molecule has 0 saturated carbocycles. The zero-order chi connectivity index (χ0) is 13.8. The van der Waals surface area contributed by atoms with Crippen LogP contribution in [-0.4, -0.2) is 13.0 Å². The average molecular weight is 256 g/mol. The van der Waals surface area contributed by atoms with Gasteiger partial charge in [-0.25, -0.2) is 0 Å². The maximum Gasteiger partial charge on any atom is 0.259 e. The van der Waals surface area contributed by atoms with Gasteiger partial charge < -0.3 is 15.8 Å². The summed E-state index contributed by atoms with van der Waals surface area (Å²) in [5.41, 5.74) is 8.43. The minimum atomic E-state index is -0.238. The number of anilines is 2. The Morgan fingerprint density at radius 3 is 2.63 bits per heavy atom. The summed E-state index contributed by atoms with van der Waals surface area (Å²) in [6, 6.07) is 12.6. The van der Waals surface area contributed by atoms with Crippen molar-refractivity contribution >= 4 is 17.3 Å². The van der Waals surface area contributed by atoms with E-state index >= 15 is 0 Å². The molecule has 0 aliphatic rings. The monoisotopic (exact) mass is 256 g/mol. The molecule has 4 heteroatoms. The summed E-state index contributed by atoms with van der Waals surface area (Å²) < 4.78 is 5.17. The van der Waals surface area contributed by atoms with E-state index in [1.165, 1.54) is 7.11 Å². The van der Waals surface area contributed by atoms with E-state index in [4.69, 9.17) is 10.5 Å². The van der Waals surface area contributed by atoms with Crippen LogP contribution in [0.25, 0.3) is 0 Å². The van der Waals surface area contributed by atoms with Crippen molar-refractivity contribution in [2.24, 2.45) is 0 Å². The van der Waals surface area contributed by atoms with Crippen LogP contribution < -0.4 is 15.8 Å². The molecule has 2 aromatic rings. The molecule has 19 heavy (non-hydrogen) atoms. The number of nitrogen functional groups attached to an aromatic ring is 1. The predicted octanol–water partition coefficient (Wildman–Crippen LogP) is 2.84. The van der Waals surface area contributed by atoms with Crippen LogP contribution in [0.3, 0.4) is 0 Å². The van der Waals surface area contributed by atoms with Crippen LogP contribution in [0.2, 0.25) is 0 Å². The lowest BCUT2D eigenvalue weighted by atomic mass is 10.1. The van der Waals surface area contributed by atoms with Crippen molar-refractivity contribution in [2.75, 3.05) is 18.2 Å². The van der Waals surface area contributed by atoms with E-state index in [0.717, 1.165) is 11.3 Å². The Hall–Kier alpha value is -2.49. The smallest absolute Gasteiger partial charge is 0.259 e. The van der Waals surface area contributed by atoms with E-state index in [1.807, 2.05) is 31.2 Å². The number of hydrogen-bond acceptors (Lipinski definition) is 3. The Balaban J connectivity index is 2.30. The second kappa shape index (κ2) is 5.44. The third-order valence-corrected chi connectivity index (χ3v) is 2.86. The van der Waals surface area contributed by atoms with Gasteiger partial charge in [-0.05, 0) is 36.8 Å². The molecule has 0 aliphatic carbocycles. The Labute approximate surface area is 112 Å². The summed E-state index contributed by atoms with van der Waals surface area (Å²) >= 11 is 0. The first-order valence-corrected chi connectivity index (χ1v) is 5.92. The lowest BCUT2D eigenvalue weighted by Crippen LogP contribution is -2.14. The van der Waals surface area contributed by atoms with Gasteiger partial charge in [0.25, 0.3) is 5.91 Å². The maximum absolute atomic E-state index is 12.3. The van der Waals surface area contributed by atoms with E-state index in [9.17, 15) is 4.79 Å². The Morgan fingerprint density at radius 2 is 1.95 bits per heavy atom. The average Bonchev–Trinajstić information content (AvgIpc) is 2.41. The molecule has 0 aliphatic heterocycles. The second-order valence-corrected chi connectivity index (χ2v) is 4.23. The van der Waals surface area contributed by atoms with Gasteiger partial charge in [0.2, 0.25) is 0 Å². The van der Waals surface area contributed by atoms with Crippen LogP contribution in [-0.2, 0) is 0 Å². The minimum Gasteiger partial charge on any atom is -0.496 e. The lowest BCUT2D eigenvalue weighted by Gasteiger charge is -2.11. The van der Waals surface area contributed by atoms with Crippen LogP contribution in [0.4, 0.5) is 11.4 Å². The number of nitrogens with one attached hydrogen (secondary N) is 1. The van der Waals surface area contributed by atoms with Gasteiger partial charge in [-0.3, -0.25) is 4.79 Å². The lowest BCUT2D eigenvalue weighted by molar-refractivity contribution is 0.102. The SMILES string of the molecule is COc1ccc(N)cc1C(=O)Nc1ccccc1C. The fraction of sp³-hybridized carbons (Fsp3) is 0.133. The Bertz CT molecular complexity index is 609. The second-order valence-electron chi connectivity index (χ2n) is 4.23. The van der Waals surface area contributed by atoms with E-state index in [2.05, 4.69) is 5.32 Å². The number of carbonyl (C=O) groups excluding carboxylic acids is 1. The number of amides is 1. The Morgan fingerprint density at radius 1 is 1.21 bits per heavy atom. The van der Waals surface area contributed by atoms with Crippen LogP contribution in [0.15, 0.2) is 42.5 Å². The minimum absolute atomic E-state index is 0.238.